The molecule has 0 radical (unpaired) electrons. The first kappa shape index (κ1) is 35.8. The maximum atomic E-state index is 14.4. The molecule has 7 heteroatoms. The number of aliphatic hydroxyl groups excluding tert-OH is 1. The summed E-state index contributed by atoms with van der Waals surface area (Å²) in [6.45, 7) is 14.0. The molecule has 4 saturated carbocycles. The van der Waals surface area contributed by atoms with Crippen LogP contribution in [0.1, 0.15) is 110 Å². The highest BCUT2D eigenvalue weighted by molar-refractivity contribution is 6.04. The lowest BCUT2D eigenvalue weighted by Crippen LogP contribution is -2.65. The van der Waals surface area contributed by atoms with Crippen molar-refractivity contribution in [2.45, 2.75) is 106 Å². The second-order valence-corrected chi connectivity index (χ2v) is 18.5. The average molecular weight is 694 g/mol. The van der Waals surface area contributed by atoms with E-state index >= 15 is 0 Å². The summed E-state index contributed by atoms with van der Waals surface area (Å²) < 4.78 is 6.19. The molecule has 0 heterocycles. The summed E-state index contributed by atoms with van der Waals surface area (Å²) in [5.41, 5.74) is 1.87. The molecule has 2 aromatic carbocycles. The Kier molecular flexibility index (Phi) is 8.60. The van der Waals surface area contributed by atoms with E-state index in [4.69, 9.17) is 4.74 Å². The molecule has 4 fully saturated rings. The van der Waals surface area contributed by atoms with E-state index in [9.17, 15) is 24.8 Å². The van der Waals surface area contributed by atoms with Gasteiger partial charge in [-0.15, -0.1) is 0 Å². The standard InChI is InChI=1S/C44H55NO6/c1-39(2)19-21-44(38(48)51-27-29-11-8-7-9-12-29)22-20-42(5)33(34(44)26-39)15-16-36-40(3)25-31(23-30-13-10-14-32(24-30)45(49)50)37(47)41(4,28-46)35(40)17-18-43(36,42)6/h7-15,23-24,34-36,46H,16-22,25-28H2,1-6H3/b31-23-/t34-,35+,36+,40-,41-,42+,43+,44-/m0/s1. The van der Waals surface area contributed by atoms with Gasteiger partial charge in [0.25, 0.3) is 5.69 Å². The molecule has 5 aliphatic carbocycles. The van der Waals surface area contributed by atoms with Gasteiger partial charge in [-0.2, -0.15) is 0 Å². The average Bonchev–Trinajstić information content (AvgIpc) is 3.10. The second-order valence-electron chi connectivity index (χ2n) is 18.5. The minimum Gasteiger partial charge on any atom is -0.460 e. The molecule has 0 saturated heterocycles. The predicted molar refractivity (Wildman–Crippen MR) is 198 cm³/mol. The van der Waals surface area contributed by atoms with Gasteiger partial charge in [-0.25, -0.2) is 0 Å². The van der Waals surface area contributed by atoms with E-state index in [0.29, 0.717) is 24.2 Å². The number of ether oxygens (including phenoxy) is 1. The van der Waals surface area contributed by atoms with E-state index in [2.05, 4.69) is 40.7 Å². The molecule has 0 aliphatic heterocycles. The van der Waals surface area contributed by atoms with Crippen molar-refractivity contribution < 1.29 is 24.4 Å². The summed E-state index contributed by atoms with van der Waals surface area (Å²) >= 11 is 0. The quantitative estimate of drug-likeness (QED) is 0.106. The number of fused-ring (bicyclic) bond motifs is 7. The van der Waals surface area contributed by atoms with Gasteiger partial charge in [0, 0.05) is 12.1 Å². The van der Waals surface area contributed by atoms with Crippen LogP contribution in [0.2, 0.25) is 0 Å². The number of Topliss-reactive ketones (excluding diaryl/α,β-unsaturated/α-hetero) is 1. The number of carbonyl (C=O) groups is 2. The van der Waals surface area contributed by atoms with E-state index in [1.165, 1.54) is 17.7 Å². The molecule has 7 rings (SSSR count). The molecular formula is C44H55NO6. The zero-order valence-electron chi connectivity index (χ0n) is 31.3. The number of hydrogen-bond donors (Lipinski definition) is 1. The lowest BCUT2D eigenvalue weighted by atomic mass is 9.33. The van der Waals surface area contributed by atoms with Crippen LogP contribution >= 0.6 is 0 Å². The summed E-state index contributed by atoms with van der Waals surface area (Å²) in [4.78, 5) is 39.8. The fourth-order valence-corrected chi connectivity index (χ4v) is 12.4. The Balaban J connectivity index is 1.27. The Morgan fingerprint density at radius 1 is 0.961 bits per heavy atom. The molecule has 51 heavy (non-hydrogen) atoms. The van der Waals surface area contributed by atoms with Crippen molar-refractivity contribution in [2.24, 2.45) is 50.2 Å². The monoisotopic (exact) mass is 693 g/mol. The minimum absolute atomic E-state index is 0.00523. The lowest BCUT2D eigenvalue weighted by molar-refractivity contribution is -0.384. The lowest BCUT2D eigenvalue weighted by Gasteiger charge is -2.70. The fourth-order valence-electron chi connectivity index (χ4n) is 12.4. The fraction of sp³-hybridized carbons (Fsp3) is 0.591. The molecule has 0 aromatic heterocycles. The Morgan fingerprint density at radius 2 is 1.69 bits per heavy atom. The Hall–Kier alpha value is -3.58. The number of hydrogen-bond acceptors (Lipinski definition) is 6. The van der Waals surface area contributed by atoms with Gasteiger partial charge in [0.05, 0.1) is 22.4 Å². The van der Waals surface area contributed by atoms with Gasteiger partial charge in [-0.05, 0) is 127 Å². The van der Waals surface area contributed by atoms with Crippen molar-refractivity contribution in [2.75, 3.05) is 6.61 Å². The van der Waals surface area contributed by atoms with E-state index in [-0.39, 0.29) is 63.5 Å². The number of nitro benzene ring substituents is 1. The van der Waals surface area contributed by atoms with E-state index in [1.807, 2.05) is 49.4 Å². The van der Waals surface area contributed by atoms with Crippen LogP contribution < -0.4 is 0 Å². The predicted octanol–water partition coefficient (Wildman–Crippen LogP) is 9.67. The van der Waals surface area contributed by atoms with Crippen LogP contribution in [0.4, 0.5) is 5.69 Å². The molecular weight excluding hydrogens is 638 g/mol. The third-order valence-electron chi connectivity index (χ3n) is 15.4. The third-order valence-corrected chi connectivity index (χ3v) is 15.4. The molecule has 5 aliphatic rings. The Morgan fingerprint density at radius 3 is 2.39 bits per heavy atom. The molecule has 0 unspecified atom stereocenters. The Bertz CT molecular complexity index is 1810. The molecule has 1 N–H and O–H groups in total. The topological polar surface area (TPSA) is 107 Å². The van der Waals surface area contributed by atoms with E-state index < -0.39 is 15.8 Å². The van der Waals surface area contributed by atoms with Crippen LogP contribution in [0.3, 0.4) is 0 Å². The van der Waals surface area contributed by atoms with E-state index in [1.54, 1.807) is 6.07 Å². The maximum absolute atomic E-state index is 14.4. The normalized spacial score (nSPS) is 39.1. The Labute approximate surface area is 303 Å². The number of nitrogens with zero attached hydrogens (tertiary/aromatic N) is 1. The van der Waals surface area contributed by atoms with Crippen molar-refractivity contribution in [3.8, 4) is 0 Å². The molecule has 7 nitrogen and oxygen atoms in total. The van der Waals surface area contributed by atoms with Crippen LogP contribution in [0.5, 0.6) is 0 Å². The molecule has 0 spiro atoms. The van der Waals surface area contributed by atoms with Crippen molar-refractivity contribution in [3.05, 3.63) is 93.1 Å². The second kappa shape index (κ2) is 12.2. The van der Waals surface area contributed by atoms with Gasteiger partial charge in [-0.1, -0.05) is 88.7 Å². The van der Waals surface area contributed by atoms with Gasteiger partial charge in [-0.3, -0.25) is 19.7 Å². The smallest absolute Gasteiger partial charge is 0.313 e. The minimum atomic E-state index is -0.941. The zero-order chi connectivity index (χ0) is 36.6. The first-order valence-corrected chi connectivity index (χ1v) is 19.1. The summed E-state index contributed by atoms with van der Waals surface area (Å²) in [6.07, 6.45) is 12.1. The van der Waals surface area contributed by atoms with Crippen molar-refractivity contribution in [1.82, 2.24) is 0 Å². The number of aliphatic hydroxyl groups is 1. The SMILES string of the molecule is CC1(C)CC[C@]2(C(=O)OCc3ccccc3)CC[C@]3(C)C(=CC[C@@H]4[C@@]5(C)C/C(=C/c6cccc([N+](=O)[O-])c6)C(=O)[C@@](C)(CO)[C@@H]5CC[C@]43C)[C@@H]2C1. The van der Waals surface area contributed by atoms with Gasteiger partial charge in [0.1, 0.15) is 6.61 Å². The number of non-ortho nitro benzene ring substituents is 1. The third kappa shape index (κ3) is 5.38. The molecule has 272 valence electrons. The van der Waals surface area contributed by atoms with Gasteiger partial charge < -0.3 is 9.84 Å². The highest BCUT2D eigenvalue weighted by atomic mass is 16.6. The number of ketones is 1. The van der Waals surface area contributed by atoms with Crippen molar-refractivity contribution in [3.63, 3.8) is 0 Å². The summed E-state index contributed by atoms with van der Waals surface area (Å²) in [7, 11) is 0. The van der Waals surface area contributed by atoms with Crippen LogP contribution in [-0.4, -0.2) is 28.4 Å². The highest BCUT2D eigenvalue weighted by Gasteiger charge is 2.70. The summed E-state index contributed by atoms with van der Waals surface area (Å²) in [5.74, 6) is 0.288. The van der Waals surface area contributed by atoms with Crippen molar-refractivity contribution in [1.29, 1.82) is 0 Å². The van der Waals surface area contributed by atoms with Crippen LogP contribution in [0.25, 0.3) is 6.08 Å². The van der Waals surface area contributed by atoms with Crippen LogP contribution in [-0.2, 0) is 20.9 Å². The first-order chi connectivity index (χ1) is 24.0. The number of esters is 1. The van der Waals surface area contributed by atoms with Gasteiger partial charge >= 0.3 is 5.97 Å². The molecule has 0 bridgehead atoms. The van der Waals surface area contributed by atoms with E-state index in [0.717, 1.165) is 56.9 Å². The van der Waals surface area contributed by atoms with Crippen LogP contribution in [0, 0.1) is 60.4 Å². The number of benzene rings is 2. The number of nitro groups is 1. The summed E-state index contributed by atoms with van der Waals surface area (Å²) in [6, 6.07) is 16.4. The molecule has 2 aromatic rings. The van der Waals surface area contributed by atoms with Crippen molar-refractivity contribution >= 4 is 23.5 Å². The van der Waals surface area contributed by atoms with Gasteiger partial charge in [0.2, 0.25) is 0 Å². The maximum Gasteiger partial charge on any atom is 0.313 e. The number of allylic oxidation sites excluding steroid dienone is 3. The largest absolute Gasteiger partial charge is 0.460 e. The number of carbonyl (C=O) groups excluding carboxylic acids is 2. The molecule has 8 atom stereocenters. The summed E-state index contributed by atoms with van der Waals surface area (Å²) in [5, 5.41) is 22.5. The highest BCUT2D eigenvalue weighted by Crippen LogP contribution is 2.76. The van der Waals surface area contributed by atoms with Crippen LogP contribution in [0.15, 0.2) is 71.8 Å². The molecule has 0 amide bonds. The zero-order valence-corrected chi connectivity index (χ0v) is 31.3. The first-order valence-electron chi connectivity index (χ1n) is 19.1. The van der Waals surface area contributed by atoms with Gasteiger partial charge in [0.15, 0.2) is 5.78 Å². The number of rotatable bonds is 6.